The first-order chi connectivity index (χ1) is 11.7. The number of carbonyl (C=O) groups excluding carboxylic acids is 1. The molecule has 1 aliphatic rings. The summed E-state index contributed by atoms with van der Waals surface area (Å²) in [6.07, 6.45) is 0. The van der Waals surface area contributed by atoms with E-state index in [1.807, 2.05) is 61.5 Å². The van der Waals surface area contributed by atoms with E-state index in [1.54, 1.807) is 0 Å². The highest BCUT2D eigenvalue weighted by Crippen LogP contribution is 2.29. The second-order valence-corrected chi connectivity index (χ2v) is 5.86. The summed E-state index contributed by atoms with van der Waals surface area (Å²) in [5.74, 6) is 1.37. The van der Waals surface area contributed by atoms with Crippen LogP contribution in [-0.4, -0.2) is 43.0 Å². The maximum absolute atomic E-state index is 12.6. The molecule has 0 saturated carbocycles. The number of benzene rings is 2. The first-order valence-corrected chi connectivity index (χ1v) is 8.31. The Morgan fingerprint density at radius 2 is 1.65 bits per heavy atom. The quantitative estimate of drug-likeness (QED) is 0.809. The number of carbonyl (C=O) groups is 1. The van der Waals surface area contributed by atoms with Crippen LogP contribution < -0.4 is 15.4 Å². The van der Waals surface area contributed by atoms with Crippen LogP contribution in [0.5, 0.6) is 11.5 Å². The molecule has 2 aromatic rings. The van der Waals surface area contributed by atoms with Crippen LogP contribution in [0.3, 0.4) is 0 Å². The number of nitrogens with one attached hydrogen (secondary N) is 2. The Morgan fingerprint density at radius 3 is 2.35 bits per heavy atom. The van der Waals surface area contributed by atoms with E-state index in [1.165, 1.54) is 0 Å². The third kappa shape index (κ3) is 5.88. The summed E-state index contributed by atoms with van der Waals surface area (Å²) in [6, 6.07) is 16.9. The van der Waals surface area contributed by atoms with Gasteiger partial charge in [-0.15, -0.1) is 24.8 Å². The van der Waals surface area contributed by atoms with Crippen molar-refractivity contribution in [3.05, 3.63) is 54.6 Å². The number of hydrogen-bond acceptors (Lipinski definition) is 4. The molecule has 2 N–H and O–H groups in total. The minimum absolute atomic E-state index is 0. The van der Waals surface area contributed by atoms with Crippen molar-refractivity contribution in [3.63, 3.8) is 0 Å². The van der Waals surface area contributed by atoms with Gasteiger partial charge in [-0.1, -0.05) is 30.3 Å². The SMILES string of the molecule is CC(C(=O)Nc1ccccc1Oc1ccccc1)N1CCNCC1.Cl.Cl. The second kappa shape index (κ2) is 11.0. The van der Waals surface area contributed by atoms with Gasteiger partial charge in [0.25, 0.3) is 0 Å². The third-order valence-corrected chi connectivity index (χ3v) is 4.19. The van der Waals surface area contributed by atoms with E-state index in [4.69, 9.17) is 4.74 Å². The summed E-state index contributed by atoms with van der Waals surface area (Å²) in [4.78, 5) is 14.8. The van der Waals surface area contributed by atoms with Gasteiger partial charge in [-0.05, 0) is 31.2 Å². The maximum atomic E-state index is 12.6. The molecule has 26 heavy (non-hydrogen) atoms. The van der Waals surface area contributed by atoms with Crippen LogP contribution in [0.2, 0.25) is 0 Å². The number of para-hydroxylation sites is 3. The Bertz CT molecular complexity index is 679. The van der Waals surface area contributed by atoms with E-state index in [-0.39, 0.29) is 36.8 Å². The standard InChI is InChI=1S/C19H23N3O2.2ClH/c1-15(22-13-11-20-12-14-22)19(23)21-17-9-5-6-10-18(17)24-16-7-3-2-4-8-16;;/h2-10,15,20H,11-14H2,1H3,(H,21,23);2*1H. The van der Waals surface area contributed by atoms with Crippen molar-refractivity contribution in [1.29, 1.82) is 0 Å². The molecule has 0 aromatic heterocycles. The fourth-order valence-electron chi connectivity index (χ4n) is 2.75. The van der Waals surface area contributed by atoms with Gasteiger partial charge < -0.3 is 15.4 Å². The summed E-state index contributed by atoms with van der Waals surface area (Å²) in [6.45, 7) is 5.56. The first kappa shape index (κ1) is 22.3. The fourth-order valence-corrected chi connectivity index (χ4v) is 2.75. The number of rotatable bonds is 5. The molecule has 1 fully saturated rings. The zero-order valence-corrected chi connectivity index (χ0v) is 16.3. The molecule has 1 atom stereocenters. The van der Waals surface area contributed by atoms with Crippen molar-refractivity contribution in [2.45, 2.75) is 13.0 Å². The lowest BCUT2D eigenvalue weighted by molar-refractivity contribution is -0.121. The van der Waals surface area contributed by atoms with Gasteiger partial charge in [0.15, 0.2) is 5.75 Å². The number of hydrogen-bond donors (Lipinski definition) is 2. The van der Waals surface area contributed by atoms with Gasteiger partial charge in [-0.25, -0.2) is 0 Å². The summed E-state index contributed by atoms with van der Waals surface area (Å²) in [5.41, 5.74) is 0.688. The number of piperazine rings is 1. The second-order valence-electron chi connectivity index (χ2n) is 5.86. The van der Waals surface area contributed by atoms with Crippen molar-refractivity contribution in [2.75, 3.05) is 31.5 Å². The Balaban J connectivity index is 0.00000169. The molecule has 1 saturated heterocycles. The molecular formula is C19H25Cl2N3O2. The van der Waals surface area contributed by atoms with E-state index in [0.717, 1.165) is 31.9 Å². The Kier molecular flexibility index (Phi) is 9.44. The number of ether oxygens (including phenoxy) is 1. The molecule has 5 nitrogen and oxygen atoms in total. The van der Waals surface area contributed by atoms with Crippen molar-refractivity contribution < 1.29 is 9.53 Å². The van der Waals surface area contributed by atoms with Gasteiger partial charge in [0, 0.05) is 26.2 Å². The molecule has 0 bridgehead atoms. The lowest BCUT2D eigenvalue weighted by Gasteiger charge is -2.31. The molecule has 1 unspecified atom stereocenters. The van der Waals surface area contributed by atoms with Crippen LogP contribution in [0.15, 0.2) is 54.6 Å². The Labute approximate surface area is 166 Å². The molecule has 0 aliphatic carbocycles. The van der Waals surface area contributed by atoms with Crippen LogP contribution in [0.25, 0.3) is 0 Å². The number of amides is 1. The largest absolute Gasteiger partial charge is 0.455 e. The van der Waals surface area contributed by atoms with Crippen molar-refractivity contribution in [1.82, 2.24) is 10.2 Å². The summed E-state index contributed by atoms with van der Waals surface area (Å²) >= 11 is 0. The molecule has 1 aliphatic heterocycles. The number of anilines is 1. The van der Waals surface area contributed by atoms with Crippen LogP contribution in [-0.2, 0) is 4.79 Å². The molecular weight excluding hydrogens is 373 g/mol. The minimum atomic E-state index is -0.170. The predicted molar refractivity (Wildman–Crippen MR) is 110 cm³/mol. The predicted octanol–water partition coefficient (Wildman–Crippen LogP) is 3.55. The first-order valence-electron chi connectivity index (χ1n) is 8.31. The highest BCUT2D eigenvalue weighted by atomic mass is 35.5. The third-order valence-electron chi connectivity index (χ3n) is 4.19. The molecule has 2 aromatic carbocycles. The zero-order valence-electron chi connectivity index (χ0n) is 14.7. The van der Waals surface area contributed by atoms with E-state index in [9.17, 15) is 4.79 Å². The van der Waals surface area contributed by atoms with Gasteiger partial charge in [0.2, 0.25) is 5.91 Å². The fraction of sp³-hybridized carbons (Fsp3) is 0.316. The van der Waals surface area contributed by atoms with Gasteiger partial charge in [-0.3, -0.25) is 9.69 Å². The summed E-state index contributed by atoms with van der Waals surface area (Å²) in [7, 11) is 0. The van der Waals surface area contributed by atoms with Crippen LogP contribution in [0.4, 0.5) is 5.69 Å². The van der Waals surface area contributed by atoms with Crippen LogP contribution >= 0.6 is 24.8 Å². The molecule has 142 valence electrons. The average Bonchev–Trinajstić information content (AvgIpc) is 2.64. The molecule has 0 radical (unpaired) electrons. The molecule has 1 amide bonds. The van der Waals surface area contributed by atoms with Gasteiger partial charge in [0.05, 0.1) is 11.7 Å². The lowest BCUT2D eigenvalue weighted by Crippen LogP contribution is -2.51. The lowest BCUT2D eigenvalue weighted by atomic mass is 10.2. The zero-order chi connectivity index (χ0) is 16.8. The topological polar surface area (TPSA) is 53.6 Å². The number of halogens is 2. The Hall–Kier alpha value is -1.79. The minimum Gasteiger partial charge on any atom is -0.455 e. The van der Waals surface area contributed by atoms with Crippen molar-refractivity contribution >= 4 is 36.4 Å². The average molecular weight is 398 g/mol. The van der Waals surface area contributed by atoms with Crippen LogP contribution in [0.1, 0.15) is 6.92 Å². The van der Waals surface area contributed by atoms with Gasteiger partial charge in [0.1, 0.15) is 5.75 Å². The molecule has 3 rings (SSSR count). The normalized spacial score (nSPS) is 15.1. The summed E-state index contributed by atoms with van der Waals surface area (Å²) < 4.78 is 5.90. The molecule has 1 heterocycles. The highest BCUT2D eigenvalue weighted by Gasteiger charge is 2.23. The monoisotopic (exact) mass is 397 g/mol. The van der Waals surface area contributed by atoms with E-state index >= 15 is 0 Å². The van der Waals surface area contributed by atoms with Gasteiger partial charge in [-0.2, -0.15) is 0 Å². The van der Waals surface area contributed by atoms with E-state index in [2.05, 4.69) is 15.5 Å². The Morgan fingerprint density at radius 1 is 1.04 bits per heavy atom. The number of nitrogens with zero attached hydrogens (tertiary/aromatic N) is 1. The molecule has 0 spiro atoms. The summed E-state index contributed by atoms with van der Waals surface area (Å²) in [5, 5.41) is 6.30. The van der Waals surface area contributed by atoms with E-state index in [0.29, 0.717) is 11.4 Å². The molecule has 7 heteroatoms. The highest BCUT2D eigenvalue weighted by molar-refractivity contribution is 5.95. The van der Waals surface area contributed by atoms with Gasteiger partial charge >= 0.3 is 0 Å². The van der Waals surface area contributed by atoms with E-state index < -0.39 is 0 Å². The van der Waals surface area contributed by atoms with Crippen LogP contribution in [0, 0.1) is 0 Å². The maximum Gasteiger partial charge on any atom is 0.241 e. The van der Waals surface area contributed by atoms with Crippen molar-refractivity contribution in [3.8, 4) is 11.5 Å². The smallest absolute Gasteiger partial charge is 0.241 e. The van der Waals surface area contributed by atoms with Crippen molar-refractivity contribution in [2.24, 2.45) is 0 Å².